The van der Waals surface area contributed by atoms with Crippen LogP contribution in [0.25, 0.3) is 0 Å². The van der Waals surface area contributed by atoms with Gasteiger partial charge in [-0.05, 0) is 17.7 Å². The maximum Gasteiger partial charge on any atom is 0.163 e. The van der Waals surface area contributed by atoms with E-state index in [0.29, 0.717) is 6.54 Å². The second kappa shape index (κ2) is 5.61. The molecule has 0 saturated heterocycles. The molecule has 0 amide bonds. The van der Waals surface area contributed by atoms with Crippen molar-refractivity contribution < 1.29 is 0 Å². The summed E-state index contributed by atoms with van der Waals surface area (Å²) in [6.07, 6.45) is 8.43. The molecule has 0 spiro atoms. The lowest BCUT2D eigenvalue weighted by atomic mass is 10.2. The van der Waals surface area contributed by atoms with E-state index in [-0.39, 0.29) is 0 Å². The summed E-state index contributed by atoms with van der Waals surface area (Å²) in [6, 6.07) is 6.31. The fourth-order valence-corrected chi connectivity index (χ4v) is 3.05. The van der Waals surface area contributed by atoms with Crippen LogP contribution in [0.1, 0.15) is 5.56 Å². The molecule has 1 aliphatic heterocycles. The molecule has 7 heteroatoms. The first kappa shape index (κ1) is 13.0. The molecule has 1 aromatic carbocycles. The number of rotatable bonds is 3. The van der Waals surface area contributed by atoms with Gasteiger partial charge in [-0.2, -0.15) is 0 Å². The van der Waals surface area contributed by atoms with Crippen LogP contribution in [0.3, 0.4) is 0 Å². The predicted octanol–water partition coefficient (Wildman–Crippen LogP) is 3.09. The zero-order valence-electron chi connectivity index (χ0n) is 11.5. The fraction of sp³-hybridized carbons (Fsp3) is 0.0667. The largest absolute Gasteiger partial charge is 0.365 e. The van der Waals surface area contributed by atoms with Gasteiger partial charge in [-0.1, -0.05) is 17.8 Å². The first-order chi connectivity index (χ1) is 10.9. The van der Waals surface area contributed by atoms with Crippen molar-refractivity contribution in [1.82, 2.24) is 19.9 Å². The third-order valence-corrected chi connectivity index (χ3v) is 4.27. The molecular weight excluding hydrogens is 296 g/mol. The highest BCUT2D eigenvalue weighted by atomic mass is 32.2. The minimum atomic E-state index is 0.686. The summed E-state index contributed by atoms with van der Waals surface area (Å²) in [7, 11) is 0. The average molecular weight is 308 g/mol. The van der Waals surface area contributed by atoms with Crippen molar-refractivity contribution in [3.63, 3.8) is 0 Å². The molecule has 6 nitrogen and oxygen atoms in total. The fourth-order valence-electron chi connectivity index (χ4n) is 2.17. The van der Waals surface area contributed by atoms with Crippen molar-refractivity contribution in [2.75, 3.05) is 10.6 Å². The lowest BCUT2D eigenvalue weighted by molar-refractivity contribution is 1.04. The van der Waals surface area contributed by atoms with Gasteiger partial charge in [0.05, 0.1) is 11.9 Å². The van der Waals surface area contributed by atoms with E-state index in [9.17, 15) is 0 Å². The summed E-state index contributed by atoms with van der Waals surface area (Å²) in [6.45, 7) is 0.686. The molecule has 2 N–H and O–H groups in total. The Morgan fingerprint density at radius 2 is 1.95 bits per heavy atom. The van der Waals surface area contributed by atoms with Crippen LogP contribution < -0.4 is 10.6 Å². The Morgan fingerprint density at radius 3 is 2.86 bits per heavy atom. The van der Waals surface area contributed by atoms with E-state index in [0.717, 1.165) is 32.8 Å². The van der Waals surface area contributed by atoms with Gasteiger partial charge in [0.1, 0.15) is 10.8 Å². The number of fused-ring (bicyclic) bond motifs is 2. The lowest BCUT2D eigenvalue weighted by Gasteiger charge is -2.19. The van der Waals surface area contributed by atoms with E-state index in [4.69, 9.17) is 0 Å². The zero-order chi connectivity index (χ0) is 14.8. The van der Waals surface area contributed by atoms with E-state index in [2.05, 4.69) is 48.8 Å². The molecule has 108 valence electrons. The third kappa shape index (κ3) is 2.58. The second-order valence-corrected chi connectivity index (χ2v) is 5.74. The van der Waals surface area contributed by atoms with E-state index >= 15 is 0 Å². The summed E-state index contributed by atoms with van der Waals surface area (Å²) in [5.41, 5.74) is 2.21. The number of hydrogen-bond acceptors (Lipinski definition) is 7. The molecule has 0 aliphatic carbocycles. The summed E-state index contributed by atoms with van der Waals surface area (Å²) in [5, 5.41) is 7.48. The molecule has 0 unspecified atom stereocenters. The number of nitrogens with one attached hydrogen (secondary N) is 2. The van der Waals surface area contributed by atoms with Crippen molar-refractivity contribution >= 4 is 29.1 Å². The van der Waals surface area contributed by atoms with Crippen LogP contribution in [0.5, 0.6) is 0 Å². The van der Waals surface area contributed by atoms with Crippen molar-refractivity contribution in [2.24, 2.45) is 0 Å². The van der Waals surface area contributed by atoms with Crippen LogP contribution in [0.4, 0.5) is 17.3 Å². The first-order valence-electron chi connectivity index (χ1n) is 6.77. The number of benzene rings is 1. The standard InChI is InChI=1S/C15H12N6S/c1-2-12-11(21-14-15(22-12)19-6-5-18-14)7-10(1)8-20-13-9-16-3-4-17-13/h1-7,9H,8H2,(H,17,20)(H,18,21). The van der Waals surface area contributed by atoms with Gasteiger partial charge in [-0.3, -0.25) is 4.98 Å². The Balaban J connectivity index is 1.53. The van der Waals surface area contributed by atoms with E-state index in [1.54, 1.807) is 42.7 Å². The van der Waals surface area contributed by atoms with Gasteiger partial charge >= 0.3 is 0 Å². The molecule has 0 fully saturated rings. The minimum absolute atomic E-state index is 0.686. The predicted molar refractivity (Wildman–Crippen MR) is 85.2 cm³/mol. The highest BCUT2D eigenvalue weighted by Crippen LogP contribution is 2.41. The van der Waals surface area contributed by atoms with Gasteiger partial charge in [0.2, 0.25) is 0 Å². The topological polar surface area (TPSA) is 75.6 Å². The van der Waals surface area contributed by atoms with Crippen LogP contribution in [0, 0.1) is 0 Å². The Kier molecular flexibility index (Phi) is 3.32. The summed E-state index contributed by atoms with van der Waals surface area (Å²) < 4.78 is 0. The Labute approximate surface area is 131 Å². The summed E-state index contributed by atoms with van der Waals surface area (Å²) >= 11 is 1.63. The SMILES string of the molecule is c1cnc(NCc2ccc3c(c2)Nc2nccnc2S3)cn1. The maximum absolute atomic E-state index is 4.33. The molecule has 22 heavy (non-hydrogen) atoms. The molecule has 0 saturated carbocycles. The Hall–Kier alpha value is -2.67. The van der Waals surface area contributed by atoms with Crippen LogP contribution >= 0.6 is 11.8 Å². The van der Waals surface area contributed by atoms with E-state index in [1.807, 2.05) is 0 Å². The van der Waals surface area contributed by atoms with Gasteiger partial charge < -0.3 is 10.6 Å². The van der Waals surface area contributed by atoms with Gasteiger partial charge in [-0.15, -0.1) is 0 Å². The van der Waals surface area contributed by atoms with Crippen LogP contribution in [-0.2, 0) is 6.54 Å². The van der Waals surface area contributed by atoms with Crippen LogP contribution in [-0.4, -0.2) is 19.9 Å². The Morgan fingerprint density at radius 1 is 1.05 bits per heavy atom. The van der Waals surface area contributed by atoms with Crippen LogP contribution in [0.15, 0.2) is 59.1 Å². The summed E-state index contributed by atoms with van der Waals surface area (Å²) in [5.74, 6) is 1.57. The monoisotopic (exact) mass is 308 g/mol. The van der Waals surface area contributed by atoms with E-state index in [1.165, 1.54) is 0 Å². The van der Waals surface area contributed by atoms with Crippen molar-refractivity contribution in [3.05, 3.63) is 54.7 Å². The van der Waals surface area contributed by atoms with Gasteiger partial charge in [0, 0.05) is 36.2 Å². The van der Waals surface area contributed by atoms with E-state index < -0.39 is 0 Å². The Bertz CT molecular complexity index is 808. The number of hydrogen-bond donors (Lipinski definition) is 2. The molecule has 0 radical (unpaired) electrons. The summed E-state index contributed by atoms with van der Waals surface area (Å²) in [4.78, 5) is 18.0. The lowest BCUT2D eigenvalue weighted by Crippen LogP contribution is -2.06. The smallest absolute Gasteiger partial charge is 0.163 e. The molecule has 2 aromatic heterocycles. The maximum atomic E-state index is 4.33. The zero-order valence-corrected chi connectivity index (χ0v) is 12.3. The molecule has 0 atom stereocenters. The molecule has 4 rings (SSSR count). The van der Waals surface area contributed by atoms with Crippen molar-refractivity contribution in [2.45, 2.75) is 16.5 Å². The molecule has 0 bridgehead atoms. The second-order valence-electron chi connectivity index (χ2n) is 4.71. The highest BCUT2D eigenvalue weighted by Gasteiger charge is 2.17. The normalized spacial score (nSPS) is 12.0. The quantitative estimate of drug-likeness (QED) is 0.602. The number of aromatic nitrogens is 4. The number of anilines is 3. The van der Waals surface area contributed by atoms with Crippen molar-refractivity contribution in [1.29, 1.82) is 0 Å². The molecule has 3 heterocycles. The highest BCUT2D eigenvalue weighted by molar-refractivity contribution is 7.99. The molecular formula is C15H12N6S. The van der Waals surface area contributed by atoms with Gasteiger partial charge in [0.25, 0.3) is 0 Å². The molecule has 1 aliphatic rings. The van der Waals surface area contributed by atoms with Gasteiger partial charge in [-0.25, -0.2) is 15.0 Å². The molecule has 3 aromatic rings. The van der Waals surface area contributed by atoms with Crippen LogP contribution in [0.2, 0.25) is 0 Å². The van der Waals surface area contributed by atoms with Gasteiger partial charge in [0.15, 0.2) is 5.82 Å². The minimum Gasteiger partial charge on any atom is -0.365 e. The average Bonchev–Trinajstić information content (AvgIpc) is 2.59. The number of nitrogens with zero attached hydrogens (tertiary/aromatic N) is 4. The first-order valence-corrected chi connectivity index (χ1v) is 7.59. The van der Waals surface area contributed by atoms with Crippen molar-refractivity contribution in [3.8, 4) is 0 Å². The third-order valence-electron chi connectivity index (χ3n) is 3.21.